The highest BCUT2D eigenvalue weighted by Crippen LogP contribution is 2.38. The van der Waals surface area contributed by atoms with E-state index in [-0.39, 0.29) is 24.8 Å². The maximum atomic E-state index is 13.1. The predicted molar refractivity (Wildman–Crippen MR) is 94.7 cm³/mol. The molecule has 3 unspecified atom stereocenters. The lowest BCUT2D eigenvalue weighted by atomic mass is 9.85. The third-order valence-electron chi connectivity index (χ3n) is 4.85. The van der Waals surface area contributed by atoms with E-state index in [1.165, 1.54) is 0 Å². The standard InChI is InChI=1S/C18H24F3N5O/c1-10-7-11(2)26(25-10)17-23-15(12(3)27)9-16(24-17)22-14-6-4-5-13(8-14)18(19,20)21/h7,9,12-14,27H,4-6,8H2,1-3H3,(H,22,23,24). The van der Waals surface area contributed by atoms with Gasteiger partial charge in [-0.15, -0.1) is 0 Å². The summed E-state index contributed by atoms with van der Waals surface area (Å²) in [6.07, 6.45) is -3.66. The van der Waals surface area contributed by atoms with E-state index in [1.807, 2.05) is 19.9 Å². The highest BCUT2D eigenvalue weighted by molar-refractivity contribution is 5.41. The topological polar surface area (TPSA) is 75.9 Å². The van der Waals surface area contributed by atoms with Gasteiger partial charge in [0.05, 0.1) is 23.4 Å². The maximum Gasteiger partial charge on any atom is 0.391 e. The van der Waals surface area contributed by atoms with Gasteiger partial charge in [-0.05, 0) is 46.1 Å². The molecule has 0 saturated heterocycles. The van der Waals surface area contributed by atoms with Gasteiger partial charge in [0.15, 0.2) is 0 Å². The molecular weight excluding hydrogens is 359 g/mol. The maximum absolute atomic E-state index is 13.1. The molecule has 0 radical (unpaired) electrons. The van der Waals surface area contributed by atoms with E-state index >= 15 is 0 Å². The van der Waals surface area contributed by atoms with E-state index in [9.17, 15) is 18.3 Å². The van der Waals surface area contributed by atoms with Crippen LogP contribution in [0.15, 0.2) is 12.1 Å². The quantitative estimate of drug-likeness (QED) is 0.838. The van der Waals surface area contributed by atoms with Crippen molar-refractivity contribution in [2.24, 2.45) is 5.92 Å². The molecule has 27 heavy (non-hydrogen) atoms. The van der Waals surface area contributed by atoms with Gasteiger partial charge in [-0.3, -0.25) is 0 Å². The zero-order valence-electron chi connectivity index (χ0n) is 15.6. The summed E-state index contributed by atoms with van der Waals surface area (Å²) in [5, 5.41) is 17.4. The van der Waals surface area contributed by atoms with Gasteiger partial charge in [0, 0.05) is 17.8 Å². The van der Waals surface area contributed by atoms with Gasteiger partial charge in [0.2, 0.25) is 0 Å². The third kappa shape index (κ3) is 4.58. The molecule has 2 aromatic rings. The fourth-order valence-corrected chi connectivity index (χ4v) is 3.49. The summed E-state index contributed by atoms with van der Waals surface area (Å²) < 4.78 is 40.7. The van der Waals surface area contributed by atoms with E-state index in [0.717, 1.165) is 11.4 Å². The highest BCUT2D eigenvalue weighted by atomic mass is 19.4. The molecule has 1 aliphatic rings. The summed E-state index contributed by atoms with van der Waals surface area (Å²) in [5.41, 5.74) is 2.02. The Balaban J connectivity index is 1.88. The van der Waals surface area contributed by atoms with Crippen LogP contribution in [0, 0.1) is 19.8 Å². The van der Waals surface area contributed by atoms with Crippen molar-refractivity contribution in [3.05, 3.63) is 29.2 Å². The van der Waals surface area contributed by atoms with Gasteiger partial charge < -0.3 is 10.4 Å². The molecule has 0 spiro atoms. The number of halogens is 3. The van der Waals surface area contributed by atoms with E-state index in [4.69, 9.17) is 0 Å². The number of aromatic nitrogens is 4. The second-order valence-electron chi connectivity index (χ2n) is 7.24. The number of nitrogens with one attached hydrogen (secondary N) is 1. The Morgan fingerprint density at radius 2 is 1.96 bits per heavy atom. The van der Waals surface area contributed by atoms with Crippen LogP contribution in [-0.2, 0) is 0 Å². The molecule has 3 rings (SSSR count). The molecule has 0 aromatic carbocycles. The average molecular weight is 383 g/mol. The smallest absolute Gasteiger partial charge is 0.387 e. The summed E-state index contributed by atoms with van der Waals surface area (Å²) in [7, 11) is 0. The third-order valence-corrected chi connectivity index (χ3v) is 4.85. The molecule has 0 bridgehead atoms. The Bertz CT molecular complexity index is 803. The van der Waals surface area contributed by atoms with Crippen molar-refractivity contribution in [3.8, 4) is 5.95 Å². The minimum Gasteiger partial charge on any atom is -0.387 e. The highest BCUT2D eigenvalue weighted by Gasteiger charge is 2.42. The minimum absolute atomic E-state index is 0.0206. The first kappa shape index (κ1) is 19.6. The van der Waals surface area contributed by atoms with E-state index in [1.54, 1.807) is 17.7 Å². The zero-order chi connectivity index (χ0) is 19.8. The van der Waals surface area contributed by atoms with Crippen LogP contribution in [0.1, 0.15) is 55.8 Å². The normalized spacial score (nSPS) is 21.9. The molecule has 0 amide bonds. The molecule has 2 N–H and O–H groups in total. The molecule has 9 heteroatoms. The lowest BCUT2D eigenvalue weighted by Crippen LogP contribution is -2.35. The first-order valence-electron chi connectivity index (χ1n) is 9.07. The molecule has 0 aliphatic heterocycles. The van der Waals surface area contributed by atoms with Gasteiger partial charge in [0.1, 0.15) is 5.82 Å². The van der Waals surface area contributed by atoms with Crippen LogP contribution in [0.2, 0.25) is 0 Å². The fraction of sp³-hybridized carbons (Fsp3) is 0.611. The number of anilines is 1. The average Bonchev–Trinajstić information content (AvgIpc) is 2.92. The van der Waals surface area contributed by atoms with Crippen LogP contribution < -0.4 is 5.32 Å². The summed E-state index contributed by atoms with van der Waals surface area (Å²) in [6.45, 7) is 5.29. The number of hydrogen-bond donors (Lipinski definition) is 2. The Hall–Kier alpha value is -2.16. The summed E-state index contributed by atoms with van der Waals surface area (Å²) >= 11 is 0. The lowest BCUT2D eigenvalue weighted by Gasteiger charge is -2.31. The van der Waals surface area contributed by atoms with Crippen LogP contribution in [0.25, 0.3) is 5.95 Å². The predicted octanol–water partition coefficient (Wildman–Crippen LogP) is 3.87. The largest absolute Gasteiger partial charge is 0.391 e. The number of rotatable bonds is 4. The second kappa shape index (κ2) is 7.46. The van der Waals surface area contributed by atoms with Crippen LogP contribution in [0.4, 0.5) is 19.0 Å². The Kier molecular flexibility index (Phi) is 5.41. The molecule has 1 aliphatic carbocycles. The van der Waals surface area contributed by atoms with Crippen molar-refractivity contribution in [2.75, 3.05) is 5.32 Å². The van der Waals surface area contributed by atoms with Crippen LogP contribution in [0.3, 0.4) is 0 Å². The number of aliphatic hydroxyl groups is 1. The number of aryl methyl sites for hydroxylation is 2. The van der Waals surface area contributed by atoms with Crippen molar-refractivity contribution in [1.82, 2.24) is 19.7 Å². The monoisotopic (exact) mass is 383 g/mol. The Morgan fingerprint density at radius 1 is 1.22 bits per heavy atom. The zero-order valence-corrected chi connectivity index (χ0v) is 15.6. The number of hydrogen-bond acceptors (Lipinski definition) is 5. The van der Waals surface area contributed by atoms with Crippen molar-refractivity contribution >= 4 is 5.82 Å². The van der Waals surface area contributed by atoms with E-state index < -0.39 is 18.2 Å². The molecule has 3 atom stereocenters. The van der Waals surface area contributed by atoms with Gasteiger partial charge in [-0.25, -0.2) is 9.67 Å². The van der Waals surface area contributed by atoms with E-state index in [0.29, 0.717) is 24.4 Å². The SMILES string of the molecule is Cc1cc(C)n(-c2nc(NC3CCCC(C(F)(F)F)C3)cc(C(C)O)n2)n1. The molecule has 2 heterocycles. The van der Waals surface area contributed by atoms with Crippen molar-refractivity contribution < 1.29 is 18.3 Å². The lowest BCUT2D eigenvalue weighted by molar-refractivity contribution is -0.182. The molecule has 2 aromatic heterocycles. The van der Waals surface area contributed by atoms with Gasteiger partial charge >= 0.3 is 6.18 Å². The minimum atomic E-state index is -4.17. The number of alkyl halides is 3. The number of nitrogens with zero attached hydrogens (tertiary/aromatic N) is 4. The molecular formula is C18H24F3N5O. The van der Waals surface area contributed by atoms with Crippen LogP contribution >= 0.6 is 0 Å². The molecule has 148 valence electrons. The number of aliphatic hydroxyl groups excluding tert-OH is 1. The Morgan fingerprint density at radius 3 is 2.56 bits per heavy atom. The van der Waals surface area contributed by atoms with Crippen LogP contribution in [-0.4, -0.2) is 37.1 Å². The summed E-state index contributed by atoms with van der Waals surface area (Å²) in [5.74, 6) is -0.613. The van der Waals surface area contributed by atoms with Crippen molar-refractivity contribution in [2.45, 2.75) is 64.8 Å². The van der Waals surface area contributed by atoms with E-state index in [2.05, 4.69) is 20.4 Å². The molecule has 1 fully saturated rings. The second-order valence-corrected chi connectivity index (χ2v) is 7.24. The molecule has 1 saturated carbocycles. The molecule has 6 nitrogen and oxygen atoms in total. The first-order valence-corrected chi connectivity index (χ1v) is 9.07. The fourth-order valence-electron chi connectivity index (χ4n) is 3.49. The van der Waals surface area contributed by atoms with Crippen LogP contribution in [0.5, 0.6) is 0 Å². The summed E-state index contributed by atoms with van der Waals surface area (Å²) in [4.78, 5) is 8.77. The van der Waals surface area contributed by atoms with Gasteiger partial charge in [-0.2, -0.15) is 23.3 Å². The van der Waals surface area contributed by atoms with Gasteiger partial charge in [-0.1, -0.05) is 6.42 Å². The first-order chi connectivity index (χ1) is 12.6. The van der Waals surface area contributed by atoms with Crippen molar-refractivity contribution in [1.29, 1.82) is 0 Å². The summed E-state index contributed by atoms with van der Waals surface area (Å²) in [6, 6.07) is 3.13. The van der Waals surface area contributed by atoms with Crippen molar-refractivity contribution in [3.63, 3.8) is 0 Å². The Labute approximate surface area is 155 Å². The van der Waals surface area contributed by atoms with Gasteiger partial charge in [0.25, 0.3) is 5.95 Å².